The maximum Gasteiger partial charge on any atom is 0.306 e. The van der Waals surface area contributed by atoms with Gasteiger partial charge in [-0.2, -0.15) is 0 Å². The summed E-state index contributed by atoms with van der Waals surface area (Å²) in [5.41, 5.74) is 0.956. The first-order valence-corrected chi connectivity index (χ1v) is 10.1. The lowest BCUT2D eigenvalue weighted by Gasteiger charge is -2.06. The molecule has 0 atom stereocenters. The van der Waals surface area contributed by atoms with Crippen molar-refractivity contribution < 1.29 is 23.8 Å². The molecule has 0 aliphatic rings. The molecule has 0 aliphatic heterocycles. The van der Waals surface area contributed by atoms with E-state index in [-0.39, 0.29) is 11.9 Å². The summed E-state index contributed by atoms with van der Waals surface area (Å²) in [5, 5.41) is 0. The highest BCUT2D eigenvalue weighted by Crippen LogP contribution is 2.13. The molecule has 0 heterocycles. The van der Waals surface area contributed by atoms with Crippen LogP contribution >= 0.6 is 0 Å². The van der Waals surface area contributed by atoms with Crippen LogP contribution in [0.4, 0.5) is 0 Å². The zero-order chi connectivity index (χ0) is 19.7. The maximum atomic E-state index is 11.8. The minimum atomic E-state index is -0.152. The van der Waals surface area contributed by atoms with Crippen molar-refractivity contribution in [1.82, 2.24) is 0 Å². The van der Waals surface area contributed by atoms with Crippen LogP contribution in [0.15, 0.2) is 24.3 Å². The number of carbonyl (C=O) groups is 2. The van der Waals surface area contributed by atoms with Gasteiger partial charge >= 0.3 is 11.9 Å². The fourth-order valence-electron chi connectivity index (χ4n) is 2.61. The van der Waals surface area contributed by atoms with Gasteiger partial charge in [0.25, 0.3) is 0 Å². The number of esters is 2. The molecule has 0 aliphatic carbocycles. The number of hydrogen-bond acceptors (Lipinski definition) is 5. The van der Waals surface area contributed by atoms with Crippen LogP contribution in [0.1, 0.15) is 76.7 Å². The van der Waals surface area contributed by atoms with E-state index in [1.54, 1.807) is 7.11 Å². The molecule has 0 unspecified atom stereocenters. The SMILES string of the molecule is CCCCOC(=O)CCCCCCCCC(=O)OCc1ccc(OC)cc1. The Labute approximate surface area is 163 Å². The number of unbranched alkanes of at least 4 members (excludes halogenated alkanes) is 6. The number of methoxy groups -OCH3 is 1. The summed E-state index contributed by atoms with van der Waals surface area (Å²) in [7, 11) is 1.62. The fraction of sp³-hybridized carbons (Fsp3) is 0.636. The van der Waals surface area contributed by atoms with Crippen LogP contribution < -0.4 is 4.74 Å². The van der Waals surface area contributed by atoms with Gasteiger partial charge in [-0.1, -0.05) is 51.2 Å². The highest BCUT2D eigenvalue weighted by Gasteiger charge is 2.05. The highest BCUT2D eigenvalue weighted by molar-refractivity contribution is 5.69. The smallest absolute Gasteiger partial charge is 0.306 e. The molecule has 5 heteroatoms. The van der Waals surface area contributed by atoms with Gasteiger partial charge in [-0.25, -0.2) is 0 Å². The second kappa shape index (κ2) is 15.1. The maximum absolute atomic E-state index is 11.8. The zero-order valence-electron chi connectivity index (χ0n) is 16.8. The average Bonchev–Trinajstić information content (AvgIpc) is 2.69. The summed E-state index contributed by atoms with van der Waals surface area (Å²) < 4.78 is 15.5. The summed E-state index contributed by atoms with van der Waals surface area (Å²) >= 11 is 0. The number of hydrogen-bond donors (Lipinski definition) is 0. The molecule has 27 heavy (non-hydrogen) atoms. The van der Waals surface area contributed by atoms with Gasteiger partial charge in [0.15, 0.2) is 0 Å². The molecule has 0 N–H and O–H groups in total. The number of ether oxygens (including phenoxy) is 3. The molecule has 5 nitrogen and oxygen atoms in total. The Balaban J connectivity index is 1.93. The molecule has 0 amide bonds. The molecule has 0 saturated heterocycles. The van der Waals surface area contributed by atoms with E-state index in [4.69, 9.17) is 14.2 Å². The normalized spacial score (nSPS) is 10.4. The van der Waals surface area contributed by atoms with Gasteiger partial charge in [0.05, 0.1) is 13.7 Å². The first-order chi connectivity index (χ1) is 13.2. The quantitative estimate of drug-likeness (QED) is 0.310. The molecular formula is C22H34O5. The van der Waals surface area contributed by atoms with E-state index >= 15 is 0 Å². The van der Waals surface area contributed by atoms with E-state index < -0.39 is 0 Å². The Morgan fingerprint density at radius 3 is 1.89 bits per heavy atom. The molecule has 0 fully saturated rings. The zero-order valence-corrected chi connectivity index (χ0v) is 16.8. The van der Waals surface area contributed by atoms with E-state index in [9.17, 15) is 9.59 Å². The molecule has 1 aromatic carbocycles. The summed E-state index contributed by atoms with van der Waals surface area (Å²) in [6.07, 6.45) is 8.90. The van der Waals surface area contributed by atoms with Crippen molar-refractivity contribution in [3.63, 3.8) is 0 Å². The van der Waals surface area contributed by atoms with Crippen molar-refractivity contribution in [2.75, 3.05) is 13.7 Å². The van der Waals surface area contributed by atoms with E-state index in [1.165, 1.54) is 0 Å². The van der Waals surface area contributed by atoms with Crippen LogP contribution in [0.3, 0.4) is 0 Å². The summed E-state index contributed by atoms with van der Waals surface area (Å²) in [5.74, 6) is 0.558. The topological polar surface area (TPSA) is 61.8 Å². The Morgan fingerprint density at radius 1 is 0.778 bits per heavy atom. The van der Waals surface area contributed by atoms with Gasteiger partial charge < -0.3 is 14.2 Å². The van der Waals surface area contributed by atoms with Gasteiger partial charge in [-0.05, 0) is 37.0 Å². The second-order valence-corrected chi connectivity index (χ2v) is 6.70. The lowest BCUT2D eigenvalue weighted by Crippen LogP contribution is -2.05. The van der Waals surface area contributed by atoms with E-state index in [0.29, 0.717) is 26.1 Å². The van der Waals surface area contributed by atoms with Gasteiger partial charge in [-0.3, -0.25) is 9.59 Å². The third-order valence-electron chi connectivity index (χ3n) is 4.33. The largest absolute Gasteiger partial charge is 0.497 e. The van der Waals surface area contributed by atoms with Crippen LogP contribution in [0.5, 0.6) is 5.75 Å². The molecule has 152 valence electrons. The van der Waals surface area contributed by atoms with E-state index in [2.05, 4.69) is 6.92 Å². The number of carbonyl (C=O) groups excluding carboxylic acids is 2. The average molecular weight is 379 g/mol. The highest BCUT2D eigenvalue weighted by atomic mass is 16.5. The minimum Gasteiger partial charge on any atom is -0.497 e. The molecule has 1 rings (SSSR count). The van der Waals surface area contributed by atoms with Gasteiger partial charge in [0, 0.05) is 12.8 Å². The van der Waals surface area contributed by atoms with Crippen molar-refractivity contribution >= 4 is 11.9 Å². The van der Waals surface area contributed by atoms with Gasteiger partial charge in [-0.15, -0.1) is 0 Å². The molecule has 0 radical (unpaired) electrons. The van der Waals surface area contributed by atoms with E-state index in [0.717, 1.165) is 62.7 Å². The fourth-order valence-corrected chi connectivity index (χ4v) is 2.61. The minimum absolute atomic E-state index is 0.0805. The molecule has 0 saturated carbocycles. The van der Waals surface area contributed by atoms with Gasteiger partial charge in [0.2, 0.25) is 0 Å². The Kier molecular flexibility index (Phi) is 12.8. The third-order valence-corrected chi connectivity index (χ3v) is 4.33. The molecular weight excluding hydrogens is 344 g/mol. The van der Waals surface area contributed by atoms with Crippen LogP contribution in [0.2, 0.25) is 0 Å². The second-order valence-electron chi connectivity index (χ2n) is 6.70. The first-order valence-electron chi connectivity index (χ1n) is 10.1. The van der Waals surface area contributed by atoms with E-state index in [1.807, 2.05) is 24.3 Å². The van der Waals surface area contributed by atoms with Crippen molar-refractivity contribution in [2.24, 2.45) is 0 Å². The standard InChI is InChI=1S/C22H34O5/c1-3-4-17-26-21(23)11-9-7-5-6-8-10-12-22(24)27-18-19-13-15-20(25-2)16-14-19/h13-16H,3-12,17-18H2,1-2H3. The summed E-state index contributed by atoms with van der Waals surface area (Å²) in [4.78, 5) is 23.2. The van der Waals surface area contributed by atoms with Crippen molar-refractivity contribution in [2.45, 2.75) is 77.7 Å². The lowest BCUT2D eigenvalue weighted by molar-refractivity contribution is -0.145. The summed E-state index contributed by atoms with van der Waals surface area (Å²) in [6, 6.07) is 7.50. The lowest BCUT2D eigenvalue weighted by atomic mass is 10.1. The molecule has 1 aromatic rings. The van der Waals surface area contributed by atoms with Crippen molar-refractivity contribution in [3.05, 3.63) is 29.8 Å². The first kappa shape index (κ1) is 23.0. The van der Waals surface area contributed by atoms with Crippen LogP contribution in [0, 0.1) is 0 Å². The van der Waals surface area contributed by atoms with Crippen molar-refractivity contribution in [3.8, 4) is 5.75 Å². The summed E-state index contributed by atoms with van der Waals surface area (Å²) in [6.45, 7) is 2.93. The Morgan fingerprint density at radius 2 is 1.33 bits per heavy atom. The van der Waals surface area contributed by atoms with Crippen LogP contribution in [-0.2, 0) is 25.7 Å². The third kappa shape index (κ3) is 12.1. The monoisotopic (exact) mass is 378 g/mol. The van der Waals surface area contributed by atoms with Crippen molar-refractivity contribution in [1.29, 1.82) is 0 Å². The molecule has 0 bridgehead atoms. The molecule has 0 aromatic heterocycles. The number of rotatable bonds is 15. The number of benzene rings is 1. The van der Waals surface area contributed by atoms with Gasteiger partial charge in [0.1, 0.15) is 12.4 Å². The Bertz CT molecular complexity index is 524. The van der Waals surface area contributed by atoms with Crippen LogP contribution in [0.25, 0.3) is 0 Å². The Hall–Kier alpha value is -2.04. The predicted molar refractivity (Wildman–Crippen MR) is 106 cm³/mol. The predicted octanol–water partition coefficient (Wildman–Crippen LogP) is 5.20. The molecule has 0 spiro atoms. The van der Waals surface area contributed by atoms with Crippen LogP contribution in [-0.4, -0.2) is 25.7 Å².